The molecule has 0 unspecified atom stereocenters. The third kappa shape index (κ3) is 3.73. The quantitative estimate of drug-likeness (QED) is 0.818. The minimum Gasteiger partial charge on any atom is -0.453 e. The molecular weight excluding hydrogens is 266 g/mol. The minimum atomic E-state index is -0.0943. The first-order valence-corrected chi connectivity index (χ1v) is 7.07. The number of nitrogens with zero attached hydrogens (tertiary/aromatic N) is 1. The molecule has 112 valence electrons. The Morgan fingerprint density at radius 2 is 2.00 bits per heavy atom. The highest BCUT2D eigenvalue weighted by molar-refractivity contribution is 5.91. The third-order valence-electron chi connectivity index (χ3n) is 3.45. The summed E-state index contributed by atoms with van der Waals surface area (Å²) in [5, 5.41) is 0. The molecule has 1 aromatic heterocycles. The Morgan fingerprint density at radius 3 is 2.67 bits per heavy atom. The number of rotatable bonds is 6. The lowest BCUT2D eigenvalue weighted by atomic mass is 10.1. The van der Waals surface area contributed by atoms with Gasteiger partial charge in [-0.15, -0.1) is 0 Å². The fourth-order valence-corrected chi connectivity index (χ4v) is 2.19. The Balaban J connectivity index is 2.12. The highest BCUT2D eigenvalue weighted by Gasteiger charge is 2.18. The van der Waals surface area contributed by atoms with Gasteiger partial charge in [-0.25, -0.2) is 0 Å². The van der Waals surface area contributed by atoms with Gasteiger partial charge in [0.05, 0.1) is 0 Å². The zero-order valence-electron chi connectivity index (χ0n) is 12.8. The Morgan fingerprint density at radius 1 is 1.24 bits per heavy atom. The van der Waals surface area contributed by atoms with Gasteiger partial charge in [-0.3, -0.25) is 4.79 Å². The van der Waals surface area contributed by atoms with Gasteiger partial charge in [-0.05, 0) is 37.1 Å². The second-order valence-electron chi connectivity index (χ2n) is 4.94. The van der Waals surface area contributed by atoms with E-state index >= 15 is 0 Å². The van der Waals surface area contributed by atoms with Crippen molar-refractivity contribution in [2.45, 2.75) is 27.0 Å². The van der Waals surface area contributed by atoms with Crippen molar-refractivity contribution in [3.63, 3.8) is 0 Å². The van der Waals surface area contributed by atoms with E-state index in [1.54, 1.807) is 24.1 Å². The second-order valence-corrected chi connectivity index (χ2v) is 4.94. The normalized spacial score (nSPS) is 10.6. The molecule has 1 heterocycles. The molecule has 0 aliphatic carbocycles. The van der Waals surface area contributed by atoms with Crippen LogP contribution in [0, 0.1) is 6.92 Å². The summed E-state index contributed by atoms with van der Waals surface area (Å²) < 4.78 is 10.5. The van der Waals surface area contributed by atoms with E-state index in [2.05, 4.69) is 13.0 Å². The number of benzene rings is 1. The van der Waals surface area contributed by atoms with Crippen LogP contribution in [0.15, 0.2) is 40.8 Å². The smallest absolute Gasteiger partial charge is 0.289 e. The van der Waals surface area contributed by atoms with E-state index in [4.69, 9.17) is 9.15 Å². The second kappa shape index (κ2) is 7.09. The molecule has 2 rings (SSSR count). The number of carbonyl (C=O) groups is 1. The number of carbonyl (C=O) groups excluding carboxylic acids is 1. The van der Waals surface area contributed by atoms with Crippen molar-refractivity contribution >= 4 is 5.91 Å². The van der Waals surface area contributed by atoms with Crippen LogP contribution in [0.1, 0.15) is 34.4 Å². The SMILES string of the molecule is CCN(Cc1ccccc1C)C(=O)c1ccc(COC)o1. The van der Waals surface area contributed by atoms with Crippen LogP contribution in [0.4, 0.5) is 0 Å². The van der Waals surface area contributed by atoms with Gasteiger partial charge in [-0.1, -0.05) is 24.3 Å². The summed E-state index contributed by atoms with van der Waals surface area (Å²) in [7, 11) is 1.60. The van der Waals surface area contributed by atoms with Crippen molar-refractivity contribution in [2.75, 3.05) is 13.7 Å². The molecule has 0 saturated heterocycles. The standard InChI is InChI=1S/C17H21NO3/c1-4-18(11-14-8-6-5-7-13(14)2)17(19)16-10-9-15(21-16)12-20-3/h5-10H,4,11-12H2,1-3H3. The van der Waals surface area contributed by atoms with E-state index < -0.39 is 0 Å². The van der Waals surface area contributed by atoms with Gasteiger partial charge in [0.25, 0.3) is 5.91 Å². The number of ether oxygens (including phenoxy) is 1. The predicted octanol–water partition coefficient (Wildman–Crippen LogP) is 3.40. The Kier molecular flexibility index (Phi) is 5.17. The first-order chi connectivity index (χ1) is 10.2. The van der Waals surface area contributed by atoms with Gasteiger partial charge in [0.15, 0.2) is 5.76 Å². The molecule has 0 spiro atoms. The summed E-state index contributed by atoms with van der Waals surface area (Å²) in [6, 6.07) is 11.6. The van der Waals surface area contributed by atoms with Crippen LogP contribution in [-0.2, 0) is 17.9 Å². The number of furan rings is 1. The molecule has 4 nitrogen and oxygen atoms in total. The zero-order chi connectivity index (χ0) is 15.2. The molecule has 1 amide bonds. The molecular formula is C17H21NO3. The molecule has 2 aromatic rings. The molecule has 0 atom stereocenters. The Bertz CT molecular complexity index is 604. The highest BCUT2D eigenvalue weighted by atomic mass is 16.5. The van der Waals surface area contributed by atoms with E-state index in [9.17, 15) is 4.79 Å². The van der Waals surface area contributed by atoms with Crippen molar-refractivity contribution in [3.05, 3.63) is 59.0 Å². The first-order valence-electron chi connectivity index (χ1n) is 7.07. The fourth-order valence-electron chi connectivity index (χ4n) is 2.19. The molecule has 21 heavy (non-hydrogen) atoms. The zero-order valence-corrected chi connectivity index (χ0v) is 12.8. The summed E-state index contributed by atoms with van der Waals surface area (Å²) in [5.41, 5.74) is 2.33. The van der Waals surface area contributed by atoms with Crippen LogP contribution in [0.5, 0.6) is 0 Å². The van der Waals surface area contributed by atoms with Crippen LogP contribution in [0.2, 0.25) is 0 Å². The number of hydrogen-bond donors (Lipinski definition) is 0. The maximum atomic E-state index is 12.5. The Hall–Kier alpha value is -2.07. The molecule has 4 heteroatoms. The van der Waals surface area contributed by atoms with Gasteiger partial charge < -0.3 is 14.1 Å². The monoisotopic (exact) mass is 287 g/mol. The topological polar surface area (TPSA) is 42.7 Å². The molecule has 0 saturated carbocycles. The number of hydrogen-bond acceptors (Lipinski definition) is 3. The molecule has 0 radical (unpaired) electrons. The predicted molar refractivity (Wildman–Crippen MR) is 81.0 cm³/mol. The van der Waals surface area contributed by atoms with E-state index in [1.807, 2.05) is 25.1 Å². The lowest BCUT2D eigenvalue weighted by Crippen LogP contribution is -2.30. The number of aryl methyl sites for hydroxylation is 1. The molecule has 0 bridgehead atoms. The van der Waals surface area contributed by atoms with E-state index in [0.717, 1.165) is 5.56 Å². The fraction of sp³-hybridized carbons (Fsp3) is 0.353. The average Bonchev–Trinajstić information content (AvgIpc) is 2.95. The number of amides is 1. The summed E-state index contributed by atoms with van der Waals surface area (Å²) in [6.07, 6.45) is 0. The van der Waals surface area contributed by atoms with Crippen molar-refractivity contribution in [3.8, 4) is 0 Å². The number of methoxy groups -OCH3 is 1. The van der Waals surface area contributed by atoms with E-state index in [1.165, 1.54) is 5.56 Å². The lowest BCUT2D eigenvalue weighted by molar-refractivity contribution is 0.0712. The van der Waals surface area contributed by atoms with Crippen LogP contribution in [-0.4, -0.2) is 24.5 Å². The minimum absolute atomic E-state index is 0.0943. The average molecular weight is 287 g/mol. The van der Waals surface area contributed by atoms with Crippen LogP contribution in [0.25, 0.3) is 0 Å². The highest BCUT2D eigenvalue weighted by Crippen LogP contribution is 2.15. The van der Waals surface area contributed by atoms with Gasteiger partial charge in [-0.2, -0.15) is 0 Å². The van der Waals surface area contributed by atoms with E-state index in [0.29, 0.717) is 31.2 Å². The summed E-state index contributed by atoms with van der Waals surface area (Å²) >= 11 is 0. The van der Waals surface area contributed by atoms with Crippen molar-refractivity contribution < 1.29 is 13.9 Å². The van der Waals surface area contributed by atoms with E-state index in [-0.39, 0.29) is 5.91 Å². The maximum Gasteiger partial charge on any atom is 0.289 e. The lowest BCUT2D eigenvalue weighted by Gasteiger charge is -2.20. The van der Waals surface area contributed by atoms with Crippen LogP contribution < -0.4 is 0 Å². The molecule has 1 aromatic carbocycles. The van der Waals surface area contributed by atoms with Crippen molar-refractivity contribution in [2.24, 2.45) is 0 Å². The first kappa shape index (κ1) is 15.3. The van der Waals surface area contributed by atoms with Gasteiger partial charge in [0, 0.05) is 20.2 Å². The molecule has 0 N–H and O–H groups in total. The van der Waals surface area contributed by atoms with Gasteiger partial charge >= 0.3 is 0 Å². The van der Waals surface area contributed by atoms with Crippen LogP contribution in [0.3, 0.4) is 0 Å². The summed E-state index contributed by atoms with van der Waals surface area (Å²) in [4.78, 5) is 14.3. The summed E-state index contributed by atoms with van der Waals surface area (Å²) in [6.45, 7) is 5.61. The molecule has 0 aliphatic rings. The van der Waals surface area contributed by atoms with Crippen LogP contribution >= 0.6 is 0 Å². The van der Waals surface area contributed by atoms with Crippen molar-refractivity contribution in [1.82, 2.24) is 4.90 Å². The van der Waals surface area contributed by atoms with Crippen molar-refractivity contribution in [1.29, 1.82) is 0 Å². The maximum absolute atomic E-state index is 12.5. The van der Waals surface area contributed by atoms with Gasteiger partial charge in [0.2, 0.25) is 0 Å². The summed E-state index contributed by atoms with van der Waals surface area (Å²) in [5.74, 6) is 0.924. The third-order valence-corrected chi connectivity index (χ3v) is 3.45. The van der Waals surface area contributed by atoms with Gasteiger partial charge in [0.1, 0.15) is 12.4 Å². The molecule has 0 fully saturated rings. The Labute approximate surface area is 125 Å². The largest absolute Gasteiger partial charge is 0.453 e. The molecule has 0 aliphatic heterocycles.